The molecule has 1 aliphatic heterocycles. The third-order valence-electron chi connectivity index (χ3n) is 6.87. The maximum Gasteiger partial charge on any atom is 0.322 e. The topological polar surface area (TPSA) is 64.3 Å². The summed E-state index contributed by atoms with van der Waals surface area (Å²) in [6.45, 7) is 2.26. The summed E-state index contributed by atoms with van der Waals surface area (Å²) >= 11 is 0. The van der Waals surface area contributed by atoms with Crippen molar-refractivity contribution in [3.63, 3.8) is 0 Å². The number of benzene rings is 3. The van der Waals surface area contributed by atoms with Crippen molar-refractivity contribution in [2.45, 2.75) is 19.5 Å². The first-order chi connectivity index (χ1) is 18.5. The summed E-state index contributed by atoms with van der Waals surface area (Å²) in [5.74, 6) is 1.25. The van der Waals surface area contributed by atoms with E-state index in [1.165, 1.54) is 12.1 Å². The predicted octanol–water partition coefficient (Wildman–Crippen LogP) is 6.26. The van der Waals surface area contributed by atoms with Crippen LogP contribution in [0.1, 0.15) is 28.6 Å². The number of nitrogens with zero attached hydrogens (tertiary/aromatic N) is 4. The number of para-hydroxylation sites is 1. The van der Waals surface area contributed by atoms with Gasteiger partial charge in [-0.05, 0) is 73.2 Å². The van der Waals surface area contributed by atoms with Gasteiger partial charge < -0.3 is 19.5 Å². The number of ether oxygens (including phenoxy) is 1. The summed E-state index contributed by atoms with van der Waals surface area (Å²) in [4.78, 5) is 15.7. The van der Waals surface area contributed by atoms with Crippen LogP contribution < -0.4 is 10.1 Å². The summed E-state index contributed by atoms with van der Waals surface area (Å²) in [5, 5.41) is 7.90. The third-order valence-corrected chi connectivity index (χ3v) is 6.87. The highest BCUT2D eigenvalue weighted by Gasteiger charge is 2.36. The molecule has 5 aromatic rings. The third kappa shape index (κ3) is 4.10. The van der Waals surface area contributed by atoms with Gasteiger partial charge in [-0.3, -0.25) is 0 Å². The van der Waals surface area contributed by atoms with Crippen LogP contribution in [0, 0.1) is 12.7 Å². The molecule has 0 saturated heterocycles. The minimum Gasteiger partial charge on any atom is -0.497 e. The number of aromatic nitrogens is 3. The number of nitrogens with one attached hydrogen (secondary N) is 1. The Morgan fingerprint density at radius 3 is 2.42 bits per heavy atom. The number of carbonyl (C=O) groups excluding carboxylic acids is 1. The van der Waals surface area contributed by atoms with E-state index >= 15 is 0 Å². The van der Waals surface area contributed by atoms with Gasteiger partial charge in [0.15, 0.2) is 0 Å². The second kappa shape index (κ2) is 9.55. The molecule has 2 aromatic heterocycles. The maximum atomic E-state index is 13.9. The van der Waals surface area contributed by atoms with Gasteiger partial charge in [0.2, 0.25) is 0 Å². The summed E-state index contributed by atoms with van der Waals surface area (Å²) < 4.78 is 23.2. The van der Waals surface area contributed by atoms with Gasteiger partial charge in [-0.1, -0.05) is 30.3 Å². The van der Waals surface area contributed by atoms with Crippen LogP contribution in [0.2, 0.25) is 0 Å². The second-order valence-corrected chi connectivity index (χ2v) is 9.18. The molecule has 6 rings (SSSR count). The molecule has 190 valence electrons. The number of carbonyl (C=O) groups is 1. The maximum absolute atomic E-state index is 13.9. The first-order valence-electron chi connectivity index (χ1n) is 12.3. The molecule has 0 saturated carbocycles. The average molecular weight is 508 g/mol. The van der Waals surface area contributed by atoms with Crippen molar-refractivity contribution < 1.29 is 13.9 Å². The summed E-state index contributed by atoms with van der Waals surface area (Å²) in [6.07, 6.45) is 1.98. The number of aryl methyl sites for hydroxylation is 1. The zero-order valence-corrected chi connectivity index (χ0v) is 21.0. The van der Waals surface area contributed by atoms with Crippen LogP contribution in [0.4, 0.5) is 14.9 Å². The highest BCUT2D eigenvalue weighted by atomic mass is 19.1. The van der Waals surface area contributed by atoms with E-state index in [2.05, 4.69) is 9.88 Å². The first kappa shape index (κ1) is 23.5. The fourth-order valence-corrected chi connectivity index (χ4v) is 5.01. The number of anilines is 1. The van der Waals surface area contributed by atoms with E-state index < -0.39 is 6.04 Å². The smallest absolute Gasteiger partial charge is 0.322 e. The Kier molecular flexibility index (Phi) is 5.92. The lowest BCUT2D eigenvalue weighted by molar-refractivity contribution is 0.194. The number of hydrogen-bond acceptors (Lipinski definition) is 3. The Hall–Kier alpha value is -4.85. The summed E-state index contributed by atoms with van der Waals surface area (Å²) in [6, 6.07) is 26.6. The molecule has 0 spiro atoms. The highest BCUT2D eigenvalue weighted by Crippen LogP contribution is 2.38. The van der Waals surface area contributed by atoms with E-state index in [-0.39, 0.29) is 11.8 Å². The Labute approximate surface area is 219 Å². The molecule has 1 aliphatic rings. The van der Waals surface area contributed by atoms with Gasteiger partial charge in [0.25, 0.3) is 0 Å². The lowest BCUT2D eigenvalue weighted by atomic mass is 10.0. The monoisotopic (exact) mass is 507 g/mol. The molecule has 0 radical (unpaired) electrons. The van der Waals surface area contributed by atoms with E-state index in [0.29, 0.717) is 18.0 Å². The lowest BCUT2D eigenvalue weighted by Crippen LogP contribution is -2.38. The number of amides is 2. The standard InChI is InChI=1S/C30H26FN5O2/c1-20-26-19-35(30(37)32-23-14-16-25(38-2)17-15-23)28(21-10-12-22(31)13-11-21)27-9-6-18-34(27)29(26)36(33-20)24-7-4-3-5-8-24/h3-18,28H,19H2,1-2H3,(H,32,37). The van der Waals surface area contributed by atoms with Gasteiger partial charge in [-0.2, -0.15) is 5.10 Å². The van der Waals surface area contributed by atoms with Crippen LogP contribution in [0.25, 0.3) is 11.5 Å². The lowest BCUT2D eigenvalue weighted by Gasteiger charge is -2.31. The van der Waals surface area contributed by atoms with Crippen LogP contribution in [-0.2, 0) is 6.54 Å². The molecule has 2 amide bonds. The molecular formula is C30H26FN5O2. The number of halogens is 1. The number of hydrogen-bond donors (Lipinski definition) is 1. The molecule has 1 atom stereocenters. The van der Waals surface area contributed by atoms with Crippen molar-refractivity contribution in [3.8, 4) is 17.3 Å². The van der Waals surface area contributed by atoms with Crippen molar-refractivity contribution in [3.05, 3.63) is 126 Å². The van der Waals surface area contributed by atoms with Crippen LogP contribution in [0.5, 0.6) is 5.75 Å². The zero-order valence-electron chi connectivity index (χ0n) is 21.0. The van der Waals surface area contributed by atoms with Crippen LogP contribution in [0.3, 0.4) is 0 Å². The van der Waals surface area contributed by atoms with E-state index in [9.17, 15) is 9.18 Å². The Morgan fingerprint density at radius 1 is 0.974 bits per heavy atom. The molecule has 3 aromatic carbocycles. The molecule has 1 unspecified atom stereocenters. The molecule has 3 heterocycles. The minimum absolute atomic E-state index is 0.281. The molecule has 0 fully saturated rings. The van der Waals surface area contributed by atoms with Gasteiger partial charge in [0.1, 0.15) is 17.4 Å². The van der Waals surface area contributed by atoms with Crippen molar-refractivity contribution in [2.75, 3.05) is 12.4 Å². The van der Waals surface area contributed by atoms with E-state index in [1.54, 1.807) is 48.4 Å². The Balaban J connectivity index is 1.50. The Bertz CT molecular complexity index is 1590. The highest BCUT2D eigenvalue weighted by molar-refractivity contribution is 5.90. The van der Waals surface area contributed by atoms with Gasteiger partial charge in [-0.15, -0.1) is 0 Å². The van der Waals surface area contributed by atoms with Gasteiger partial charge in [0, 0.05) is 17.4 Å². The Morgan fingerprint density at radius 2 is 1.71 bits per heavy atom. The molecular weight excluding hydrogens is 481 g/mol. The molecule has 8 heteroatoms. The molecule has 38 heavy (non-hydrogen) atoms. The predicted molar refractivity (Wildman–Crippen MR) is 143 cm³/mol. The number of methoxy groups -OCH3 is 1. The normalized spacial score (nSPS) is 14.4. The first-order valence-corrected chi connectivity index (χ1v) is 12.3. The second-order valence-electron chi connectivity index (χ2n) is 9.18. The number of rotatable bonds is 4. The van der Waals surface area contributed by atoms with E-state index in [0.717, 1.165) is 34.0 Å². The van der Waals surface area contributed by atoms with Crippen molar-refractivity contribution in [1.82, 2.24) is 19.2 Å². The van der Waals surface area contributed by atoms with Crippen molar-refractivity contribution in [1.29, 1.82) is 0 Å². The number of fused-ring (bicyclic) bond motifs is 3. The van der Waals surface area contributed by atoms with E-state index in [1.807, 2.05) is 60.3 Å². The number of urea groups is 1. The molecule has 0 aliphatic carbocycles. The molecule has 7 nitrogen and oxygen atoms in total. The fourth-order valence-electron chi connectivity index (χ4n) is 5.01. The van der Waals surface area contributed by atoms with Crippen LogP contribution in [0.15, 0.2) is 97.2 Å². The zero-order chi connectivity index (χ0) is 26.2. The molecule has 0 bridgehead atoms. The van der Waals surface area contributed by atoms with Gasteiger partial charge in [0.05, 0.1) is 36.8 Å². The van der Waals surface area contributed by atoms with Gasteiger partial charge >= 0.3 is 6.03 Å². The largest absolute Gasteiger partial charge is 0.497 e. The van der Waals surface area contributed by atoms with E-state index in [4.69, 9.17) is 9.84 Å². The summed E-state index contributed by atoms with van der Waals surface area (Å²) in [5.41, 5.74) is 5.00. The molecule has 1 N–H and O–H groups in total. The summed E-state index contributed by atoms with van der Waals surface area (Å²) in [7, 11) is 1.60. The fraction of sp³-hybridized carbons (Fsp3) is 0.133. The van der Waals surface area contributed by atoms with Crippen molar-refractivity contribution >= 4 is 11.7 Å². The minimum atomic E-state index is -0.472. The quantitative estimate of drug-likeness (QED) is 0.312. The van der Waals surface area contributed by atoms with Crippen LogP contribution >= 0.6 is 0 Å². The van der Waals surface area contributed by atoms with Crippen molar-refractivity contribution in [2.24, 2.45) is 0 Å². The average Bonchev–Trinajstić information content (AvgIpc) is 3.50. The van der Waals surface area contributed by atoms with Gasteiger partial charge in [-0.25, -0.2) is 13.9 Å². The SMILES string of the molecule is COc1ccc(NC(=O)N2Cc3c(C)nn(-c4ccccc4)c3-n3cccc3C2c2ccc(F)cc2)cc1. The van der Waals surface area contributed by atoms with Crippen LogP contribution in [-0.4, -0.2) is 32.4 Å².